The van der Waals surface area contributed by atoms with E-state index in [1.807, 2.05) is 43.3 Å². The molecule has 0 saturated heterocycles. The maximum atomic E-state index is 12.7. The predicted molar refractivity (Wildman–Crippen MR) is 106 cm³/mol. The van der Waals surface area contributed by atoms with Gasteiger partial charge in [-0.15, -0.1) is 0 Å². The zero-order chi connectivity index (χ0) is 17.4. The van der Waals surface area contributed by atoms with Gasteiger partial charge in [0.05, 0.1) is 12.3 Å². The van der Waals surface area contributed by atoms with Gasteiger partial charge in [-0.05, 0) is 41.5 Å². The number of rotatable bonds is 2. The van der Waals surface area contributed by atoms with E-state index in [1.54, 1.807) is 16.7 Å². The van der Waals surface area contributed by atoms with Crippen LogP contribution in [-0.2, 0) is 4.74 Å². The molecule has 126 valence electrons. The van der Waals surface area contributed by atoms with Gasteiger partial charge in [0, 0.05) is 9.37 Å². The molecule has 25 heavy (non-hydrogen) atoms. The predicted octanol–water partition coefficient (Wildman–Crippen LogP) is 6.37. The van der Waals surface area contributed by atoms with Crippen LogP contribution in [-0.4, -0.2) is 12.7 Å². The van der Waals surface area contributed by atoms with Crippen LogP contribution in [0.4, 0.5) is 10.5 Å². The summed E-state index contributed by atoms with van der Waals surface area (Å²) in [4.78, 5) is 15.6. The van der Waals surface area contributed by atoms with E-state index in [2.05, 4.69) is 40.2 Å². The first-order valence-electron chi connectivity index (χ1n) is 8.09. The van der Waals surface area contributed by atoms with E-state index in [0.29, 0.717) is 6.61 Å². The molecule has 3 nitrogen and oxygen atoms in total. The number of thioether (sulfide) groups is 1. The number of nitrogens with zero attached hydrogens (tertiary/aromatic N) is 1. The molecule has 0 aromatic heterocycles. The third-order valence-electron chi connectivity index (χ3n) is 4.21. The minimum atomic E-state index is -0.315. The maximum absolute atomic E-state index is 12.7. The third-order valence-corrected chi connectivity index (χ3v) is 5.99. The van der Waals surface area contributed by atoms with Crippen LogP contribution < -0.4 is 4.90 Å². The molecule has 0 bridgehead atoms. The molecule has 3 aromatic rings. The van der Waals surface area contributed by atoms with Crippen molar-refractivity contribution < 1.29 is 9.53 Å². The second-order valence-electron chi connectivity index (χ2n) is 5.72. The van der Waals surface area contributed by atoms with Gasteiger partial charge < -0.3 is 4.74 Å². The summed E-state index contributed by atoms with van der Waals surface area (Å²) in [7, 11) is 0. The standard InChI is InChI=1S/C20H16BrNO2S/c1-2-24-20(23)22-17-12-14(21)10-11-18(17)25-19(22)16-9-5-7-13-6-3-4-8-15(13)16/h3-12,19H,2H2,1H3. The fourth-order valence-electron chi connectivity index (χ4n) is 3.13. The number of carbonyl (C=O) groups excluding carboxylic acids is 1. The summed E-state index contributed by atoms with van der Waals surface area (Å²) in [5, 5.41) is 2.18. The van der Waals surface area contributed by atoms with Crippen LogP contribution in [0.3, 0.4) is 0 Å². The quantitative estimate of drug-likeness (QED) is 0.488. The van der Waals surface area contributed by atoms with Gasteiger partial charge in [0.15, 0.2) is 0 Å². The van der Waals surface area contributed by atoms with E-state index in [1.165, 1.54) is 5.39 Å². The zero-order valence-electron chi connectivity index (χ0n) is 13.6. The Hall–Kier alpha value is -1.98. The minimum Gasteiger partial charge on any atom is -0.449 e. The first-order valence-corrected chi connectivity index (χ1v) is 9.76. The Morgan fingerprint density at radius 2 is 1.96 bits per heavy atom. The minimum absolute atomic E-state index is 0.144. The van der Waals surface area contributed by atoms with E-state index in [9.17, 15) is 4.79 Å². The largest absolute Gasteiger partial charge is 0.449 e. The average molecular weight is 414 g/mol. The molecule has 0 saturated carbocycles. The smallest absolute Gasteiger partial charge is 0.415 e. The van der Waals surface area contributed by atoms with Crippen molar-refractivity contribution in [2.45, 2.75) is 17.2 Å². The Morgan fingerprint density at radius 1 is 1.16 bits per heavy atom. The van der Waals surface area contributed by atoms with Gasteiger partial charge in [-0.25, -0.2) is 4.79 Å². The lowest BCUT2D eigenvalue weighted by Gasteiger charge is -2.25. The molecule has 1 amide bonds. The van der Waals surface area contributed by atoms with Gasteiger partial charge in [-0.1, -0.05) is 70.2 Å². The SMILES string of the molecule is CCOC(=O)N1c2cc(Br)ccc2SC1c1cccc2ccccc12. The van der Waals surface area contributed by atoms with Crippen molar-refractivity contribution in [3.63, 3.8) is 0 Å². The fourth-order valence-corrected chi connectivity index (χ4v) is 4.78. The zero-order valence-corrected chi connectivity index (χ0v) is 16.0. The lowest BCUT2D eigenvalue weighted by molar-refractivity contribution is 0.159. The summed E-state index contributed by atoms with van der Waals surface area (Å²) >= 11 is 5.19. The summed E-state index contributed by atoms with van der Waals surface area (Å²) in [5.74, 6) is 0. The Bertz CT molecular complexity index is 954. The highest BCUT2D eigenvalue weighted by Gasteiger charge is 2.37. The van der Waals surface area contributed by atoms with Crippen LogP contribution in [0.2, 0.25) is 0 Å². The van der Waals surface area contributed by atoms with Gasteiger partial charge in [0.1, 0.15) is 5.37 Å². The Balaban J connectivity index is 1.87. The number of benzene rings is 3. The second kappa shape index (κ2) is 6.73. The summed E-state index contributed by atoms with van der Waals surface area (Å²) < 4.78 is 6.29. The normalized spacial score (nSPS) is 16.1. The Morgan fingerprint density at radius 3 is 2.80 bits per heavy atom. The van der Waals surface area contributed by atoms with Crippen molar-refractivity contribution in [2.24, 2.45) is 0 Å². The van der Waals surface area contributed by atoms with Crippen molar-refractivity contribution in [1.82, 2.24) is 0 Å². The number of amides is 1. The van der Waals surface area contributed by atoms with E-state index in [0.717, 1.165) is 26.0 Å². The fraction of sp³-hybridized carbons (Fsp3) is 0.150. The highest BCUT2D eigenvalue weighted by molar-refractivity contribution is 9.10. The van der Waals surface area contributed by atoms with Crippen LogP contribution >= 0.6 is 27.7 Å². The van der Waals surface area contributed by atoms with Crippen LogP contribution in [0.5, 0.6) is 0 Å². The number of halogens is 1. The first kappa shape index (κ1) is 16.5. The molecule has 0 spiro atoms. The number of hydrogen-bond acceptors (Lipinski definition) is 3. The van der Waals surface area contributed by atoms with E-state index < -0.39 is 0 Å². The van der Waals surface area contributed by atoms with Gasteiger partial charge in [0.25, 0.3) is 0 Å². The molecule has 0 N–H and O–H groups in total. The first-order chi connectivity index (χ1) is 12.2. The number of anilines is 1. The van der Waals surface area contributed by atoms with Crippen LogP contribution in [0.25, 0.3) is 10.8 Å². The van der Waals surface area contributed by atoms with Crippen LogP contribution in [0.1, 0.15) is 17.9 Å². The summed E-state index contributed by atoms with van der Waals surface area (Å²) in [6.45, 7) is 2.18. The average Bonchev–Trinajstić information content (AvgIpc) is 3.00. The molecule has 3 aromatic carbocycles. The highest BCUT2D eigenvalue weighted by atomic mass is 79.9. The van der Waals surface area contributed by atoms with Crippen molar-refractivity contribution in [2.75, 3.05) is 11.5 Å². The topological polar surface area (TPSA) is 29.5 Å². The molecule has 1 aliphatic heterocycles. The summed E-state index contributed by atoms with van der Waals surface area (Å²) in [5.41, 5.74) is 2.00. The molecule has 1 heterocycles. The molecule has 4 rings (SSSR count). The Labute approximate surface area is 159 Å². The van der Waals surface area contributed by atoms with Crippen molar-refractivity contribution in [1.29, 1.82) is 0 Å². The van der Waals surface area contributed by atoms with E-state index in [4.69, 9.17) is 4.74 Å². The van der Waals surface area contributed by atoms with E-state index in [-0.39, 0.29) is 11.5 Å². The molecule has 0 aliphatic carbocycles. The van der Waals surface area contributed by atoms with Gasteiger partial charge >= 0.3 is 6.09 Å². The summed E-state index contributed by atoms with van der Waals surface area (Å²) in [6.07, 6.45) is -0.315. The van der Waals surface area contributed by atoms with Crippen molar-refractivity contribution in [3.05, 3.63) is 70.7 Å². The van der Waals surface area contributed by atoms with Gasteiger partial charge in [0.2, 0.25) is 0 Å². The Kier molecular flexibility index (Phi) is 4.44. The molecule has 5 heteroatoms. The highest BCUT2D eigenvalue weighted by Crippen LogP contribution is 2.53. The molecule has 0 fully saturated rings. The molecule has 0 radical (unpaired) electrons. The summed E-state index contributed by atoms with van der Waals surface area (Å²) in [6, 6.07) is 20.5. The number of carbonyl (C=O) groups is 1. The van der Waals surface area contributed by atoms with Gasteiger partial charge in [-0.3, -0.25) is 4.90 Å². The van der Waals surface area contributed by atoms with E-state index >= 15 is 0 Å². The molecule has 1 aliphatic rings. The number of ether oxygens (including phenoxy) is 1. The third kappa shape index (κ3) is 2.92. The number of hydrogen-bond donors (Lipinski definition) is 0. The van der Waals surface area contributed by atoms with Crippen molar-refractivity contribution in [3.8, 4) is 0 Å². The number of fused-ring (bicyclic) bond motifs is 2. The lowest BCUT2D eigenvalue weighted by Crippen LogP contribution is -2.31. The van der Waals surface area contributed by atoms with Crippen LogP contribution in [0, 0.1) is 0 Å². The van der Waals surface area contributed by atoms with Crippen molar-refractivity contribution >= 4 is 50.2 Å². The van der Waals surface area contributed by atoms with Gasteiger partial charge in [-0.2, -0.15) is 0 Å². The molecule has 1 unspecified atom stereocenters. The molecular formula is C20H16BrNO2S. The lowest BCUT2D eigenvalue weighted by atomic mass is 10.0. The second-order valence-corrected chi connectivity index (χ2v) is 7.76. The maximum Gasteiger partial charge on any atom is 0.415 e. The van der Waals surface area contributed by atoms with Crippen LogP contribution in [0.15, 0.2) is 70.0 Å². The molecule has 1 atom stereocenters. The molecular weight excluding hydrogens is 398 g/mol. The monoisotopic (exact) mass is 413 g/mol.